The van der Waals surface area contributed by atoms with Crippen molar-refractivity contribution in [3.8, 4) is 22.4 Å². The number of quaternary nitrogens is 1. The molecule has 1 aliphatic rings. The minimum absolute atomic E-state index is 0.235. The topological polar surface area (TPSA) is 124 Å². The SMILES string of the molecule is CN(C(=O)[C@@H](CC(=O)O)Cc1ccccc1)c1nc(-c2ccccc2-c2ccc([NH+]3CCOCC3)cc2)cs1.O=C([O-])C(F)(F)F. The van der Waals surface area contributed by atoms with E-state index in [0.29, 0.717) is 11.6 Å². The van der Waals surface area contributed by atoms with Crippen LogP contribution in [0.25, 0.3) is 22.4 Å². The monoisotopic (exact) mass is 655 g/mol. The molecule has 0 bridgehead atoms. The predicted octanol–water partition coefficient (Wildman–Crippen LogP) is 3.62. The zero-order valence-electron chi connectivity index (χ0n) is 24.8. The number of nitrogens with zero attached hydrogens (tertiary/aromatic N) is 2. The van der Waals surface area contributed by atoms with Gasteiger partial charge in [-0.1, -0.05) is 54.6 Å². The molecule has 4 aromatic rings. The summed E-state index contributed by atoms with van der Waals surface area (Å²) >= 11 is 1.38. The first-order chi connectivity index (χ1) is 21.9. The number of aromatic nitrogens is 1. The largest absolute Gasteiger partial charge is 0.542 e. The summed E-state index contributed by atoms with van der Waals surface area (Å²) in [5.74, 6) is -4.93. The Morgan fingerprint density at radius 2 is 1.57 bits per heavy atom. The van der Waals surface area contributed by atoms with Gasteiger partial charge in [-0.15, -0.1) is 11.3 Å². The third kappa shape index (κ3) is 9.22. The molecule has 1 aliphatic heterocycles. The van der Waals surface area contributed by atoms with Crippen LogP contribution in [0.2, 0.25) is 0 Å². The molecule has 1 amide bonds. The molecule has 1 saturated heterocycles. The molecule has 1 fully saturated rings. The van der Waals surface area contributed by atoms with E-state index in [-0.39, 0.29) is 12.3 Å². The molecule has 0 unspecified atom stereocenters. The van der Waals surface area contributed by atoms with Crippen LogP contribution in [0.5, 0.6) is 0 Å². The molecule has 1 aromatic heterocycles. The van der Waals surface area contributed by atoms with Crippen LogP contribution in [-0.4, -0.2) is 67.5 Å². The molecule has 0 radical (unpaired) electrons. The van der Waals surface area contributed by atoms with Crippen LogP contribution in [0.4, 0.5) is 24.0 Å². The molecule has 3 aromatic carbocycles. The Labute approximate surface area is 267 Å². The van der Waals surface area contributed by atoms with Crippen LogP contribution in [0.15, 0.2) is 84.2 Å². The number of hydrogen-bond donors (Lipinski definition) is 2. The standard InChI is InChI=1S/C31H31N3O4S.C2HF3O2/c1-33(30(37)24(20-29(35)36)19-22-7-3-2-4-8-22)31-32-28(21-39-31)27-10-6-5-9-26(27)23-11-13-25(14-12-23)34-15-17-38-18-16-34;3-2(4,5)1(6)7/h2-14,21,24H,15-20H2,1H3,(H,35,36);(H,6,7)/t24-;/m1./s1. The third-order valence-corrected chi connectivity index (χ3v) is 8.26. The molecule has 2 N–H and O–H groups in total. The van der Waals surface area contributed by atoms with Crippen molar-refractivity contribution >= 4 is 40.0 Å². The lowest BCUT2D eigenvalue weighted by atomic mass is 9.95. The van der Waals surface area contributed by atoms with E-state index < -0.39 is 24.0 Å². The summed E-state index contributed by atoms with van der Waals surface area (Å²) in [6.07, 6.45) is -5.07. The Kier molecular flexibility index (Phi) is 11.6. The summed E-state index contributed by atoms with van der Waals surface area (Å²) < 4.78 is 37.0. The van der Waals surface area contributed by atoms with Crippen LogP contribution >= 0.6 is 11.3 Å². The molecular formula is C33H32F3N3O6S. The second-order valence-corrected chi connectivity index (χ2v) is 11.4. The summed E-state index contributed by atoms with van der Waals surface area (Å²) in [5.41, 5.74) is 6.14. The number of carbonyl (C=O) groups excluding carboxylic acids is 2. The molecule has 2 heterocycles. The Bertz CT molecular complexity index is 1620. The van der Waals surface area contributed by atoms with Gasteiger partial charge in [0, 0.05) is 18.0 Å². The number of anilines is 1. The second kappa shape index (κ2) is 15.6. The first kappa shape index (κ1) is 34.3. The molecule has 5 rings (SSSR count). The van der Waals surface area contributed by atoms with E-state index in [1.165, 1.54) is 26.8 Å². The van der Waals surface area contributed by atoms with E-state index in [0.717, 1.165) is 54.3 Å². The van der Waals surface area contributed by atoms with Crippen molar-refractivity contribution in [2.24, 2.45) is 5.92 Å². The Morgan fingerprint density at radius 1 is 0.978 bits per heavy atom. The number of alkyl halides is 3. The average Bonchev–Trinajstić information content (AvgIpc) is 3.55. The molecule has 9 nitrogen and oxygen atoms in total. The summed E-state index contributed by atoms with van der Waals surface area (Å²) in [5, 5.41) is 20.7. The Balaban J connectivity index is 0.000000617. The molecule has 13 heteroatoms. The normalized spacial score (nSPS) is 14.1. The third-order valence-electron chi connectivity index (χ3n) is 7.34. The van der Waals surface area contributed by atoms with E-state index >= 15 is 0 Å². The molecule has 1 atom stereocenters. The molecule has 0 aliphatic carbocycles. The van der Waals surface area contributed by atoms with Gasteiger partial charge in [0.05, 0.1) is 31.2 Å². The van der Waals surface area contributed by atoms with Crippen molar-refractivity contribution in [3.63, 3.8) is 0 Å². The Hall–Kier alpha value is -4.59. The van der Waals surface area contributed by atoms with Crippen molar-refractivity contribution < 1.29 is 47.4 Å². The zero-order valence-corrected chi connectivity index (χ0v) is 25.6. The predicted molar refractivity (Wildman–Crippen MR) is 165 cm³/mol. The smallest absolute Gasteiger partial charge is 0.430 e. The van der Waals surface area contributed by atoms with E-state index in [1.54, 1.807) is 7.05 Å². The fourth-order valence-electron chi connectivity index (χ4n) is 5.02. The number of rotatable bonds is 9. The van der Waals surface area contributed by atoms with E-state index in [2.05, 4.69) is 30.3 Å². The summed E-state index contributed by atoms with van der Waals surface area (Å²) in [6, 6.07) is 26.3. The van der Waals surface area contributed by atoms with Crippen LogP contribution in [0, 0.1) is 5.92 Å². The number of carboxylic acid groups (broad SMARTS) is 2. The number of benzene rings is 3. The van der Waals surface area contributed by atoms with E-state index in [1.807, 2.05) is 53.9 Å². The molecule has 242 valence electrons. The summed E-state index contributed by atoms with van der Waals surface area (Å²) in [6.45, 7) is 3.52. The lowest BCUT2D eigenvalue weighted by Gasteiger charge is -2.23. The molecule has 0 saturated carbocycles. The number of amides is 1. The van der Waals surface area contributed by atoms with Gasteiger partial charge >= 0.3 is 12.1 Å². The van der Waals surface area contributed by atoms with Crippen molar-refractivity contribution in [2.45, 2.75) is 19.0 Å². The number of aliphatic carboxylic acids is 2. The highest BCUT2D eigenvalue weighted by atomic mass is 32.1. The van der Waals surface area contributed by atoms with Gasteiger partial charge in [-0.2, -0.15) is 13.2 Å². The van der Waals surface area contributed by atoms with Gasteiger partial charge in [-0.3, -0.25) is 19.4 Å². The summed E-state index contributed by atoms with van der Waals surface area (Å²) in [7, 11) is 1.67. The first-order valence-corrected chi connectivity index (χ1v) is 15.2. The number of nitrogens with one attached hydrogen (secondary N) is 1. The molecule has 46 heavy (non-hydrogen) atoms. The quantitative estimate of drug-likeness (QED) is 0.282. The highest BCUT2D eigenvalue weighted by Crippen LogP contribution is 2.35. The fraction of sp³-hybridized carbons (Fsp3) is 0.273. The van der Waals surface area contributed by atoms with Crippen molar-refractivity contribution in [1.82, 2.24) is 4.98 Å². The second-order valence-electron chi connectivity index (χ2n) is 10.5. The van der Waals surface area contributed by atoms with Crippen LogP contribution in [-0.2, 0) is 25.5 Å². The number of halogens is 3. The van der Waals surface area contributed by atoms with Gasteiger partial charge in [0.2, 0.25) is 5.91 Å². The maximum atomic E-state index is 13.4. The molecule has 0 spiro atoms. The van der Waals surface area contributed by atoms with Crippen molar-refractivity contribution in [2.75, 3.05) is 38.3 Å². The average molecular weight is 656 g/mol. The molecular weight excluding hydrogens is 623 g/mol. The number of carboxylic acids is 2. The van der Waals surface area contributed by atoms with Gasteiger partial charge in [-0.05, 0) is 47.4 Å². The first-order valence-electron chi connectivity index (χ1n) is 14.3. The van der Waals surface area contributed by atoms with Crippen LogP contribution in [0.3, 0.4) is 0 Å². The van der Waals surface area contributed by atoms with E-state index in [9.17, 15) is 27.9 Å². The fourth-order valence-corrected chi connectivity index (χ4v) is 5.81. The highest BCUT2D eigenvalue weighted by molar-refractivity contribution is 7.14. The minimum atomic E-state index is -5.19. The number of thiazole rings is 1. The van der Waals surface area contributed by atoms with Gasteiger partial charge < -0.3 is 19.7 Å². The minimum Gasteiger partial charge on any atom is -0.542 e. The number of hydrogen-bond acceptors (Lipinski definition) is 7. The number of carbonyl (C=O) groups is 3. The van der Waals surface area contributed by atoms with Gasteiger partial charge in [0.25, 0.3) is 0 Å². The summed E-state index contributed by atoms with van der Waals surface area (Å²) in [4.78, 5) is 41.5. The van der Waals surface area contributed by atoms with E-state index in [4.69, 9.17) is 19.6 Å². The van der Waals surface area contributed by atoms with Crippen molar-refractivity contribution in [1.29, 1.82) is 0 Å². The van der Waals surface area contributed by atoms with Crippen LogP contribution < -0.4 is 14.9 Å². The lowest BCUT2D eigenvalue weighted by molar-refractivity contribution is -0.842. The van der Waals surface area contributed by atoms with Crippen LogP contribution in [0.1, 0.15) is 12.0 Å². The lowest BCUT2D eigenvalue weighted by Crippen LogP contribution is -3.09. The maximum absolute atomic E-state index is 13.4. The number of morpholine rings is 1. The Morgan fingerprint density at radius 3 is 2.15 bits per heavy atom. The van der Waals surface area contributed by atoms with Gasteiger partial charge in [0.1, 0.15) is 24.7 Å². The highest BCUT2D eigenvalue weighted by Gasteiger charge is 2.29. The van der Waals surface area contributed by atoms with Gasteiger partial charge in [-0.25, -0.2) is 4.98 Å². The van der Waals surface area contributed by atoms with Gasteiger partial charge in [0.15, 0.2) is 5.13 Å². The van der Waals surface area contributed by atoms with Crippen molar-refractivity contribution in [3.05, 3.63) is 89.8 Å². The zero-order chi connectivity index (χ0) is 33.3. The number of ether oxygens (including phenoxy) is 1. The maximum Gasteiger partial charge on any atom is 0.430 e.